The molecular weight excluding hydrogens is 385 g/mol. The number of rotatable bonds is 4. The van der Waals surface area contributed by atoms with E-state index in [1.165, 1.54) is 0 Å². The van der Waals surface area contributed by atoms with Crippen LogP contribution >= 0.6 is 11.6 Å². The molecule has 4 aromatic rings. The highest BCUT2D eigenvalue weighted by molar-refractivity contribution is 6.31. The maximum Gasteiger partial charge on any atom is 0.253 e. The molecule has 10 heteroatoms. The highest BCUT2D eigenvalue weighted by Gasteiger charge is 2.14. The van der Waals surface area contributed by atoms with Crippen LogP contribution in [0, 0.1) is 12.7 Å². The number of aryl methyl sites for hydroxylation is 1. The Morgan fingerprint density at radius 2 is 2.11 bits per heavy atom. The van der Waals surface area contributed by atoms with Crippen LogP contribution in [0.25, 0.3) is 16.6 Å². The molecule has 0 saturated carbocycles. The van der Waals surface area contributed by atoms with E-state index in [0.29, 0.717) is 22.6 Å². The van der Waals surface area contributed by atoms with E-state index >= 15 is 0 Å². The molecule has 0 aliphatic heterocycles. The van der Waals surface area contributed by atoms with Gasteiger partial charge in [-0.15, -0.1) is 5.10 Å². The smallest absolute Gasteiger partial charge is 0.253 e. The fourth-order valence-corrected chi connectivity index (χ4v) is 3.19. The number of aromatic nitrogens is 6. The van der Waals surface area contributed by atoms with Gasteiger partial charge < -0.3 is 10.3 Å². The van der Waals surface area contributed by atoms with Gasteiger partial charge in [0.2, 0.25) is 0 Å². The molecular formula is C18H15ClFN7O. The second kappa shape index (κ2) is 7.01. The zero-order valence-corrected chi connectivity index (χ0v) is 15.7. The number of halogens is 2. The van der Waals surface area contributed by atoms with Gasteiger partial charge in [-0.05, 0) is 48.5 Å². The van der Waals surface area contributed by atoms with Crippen molar-refractivity contribution in [3.8, 4) is 5.69 Å². The summed E-state index contributed by atoms with van der Waals surface area (Å²) in [5, 5.41) is 15.4. The van der Waals surface area contributed by atoms with Crippen LogP contribution in [0.2, 0.25) is 5.02 Å². The van der Waals surface area contributed by atoms with E-state index in [1.807, 2.05) is 6.92 Å². The summed E-state index contributed by atoms with van der Waals surface area (Å²) in [6.45, 7) is 3.60. The van der Waals surface area contributed by atoms with E-state index < -0.39 is 11.9 Å². The van der Waals surface area contributed by atoms with Crippen LogP contribution in [0.15, 0.2) is 41.3 Å². The summed E-state index contributed by atoms with van der Waals surface area (Å²) in [4.78, 5) is 19.3. The highest BCUT2D eigenvalue weighted by atomic mass is 35.5. The first-order chi connectivity index (χ1) is 13.4. The number of benzene rings is 1. The lowest BCUT2D eigenvalue weighted by atomic mass is 10.1. The monoisotopic (exact) mass is 399 g/mol. The van der Waals surface area contributed by atoms with Gasteiger partial charge >= 0.3 is 0 Å². The number of anilines is 1. The molecule has 0 fully saturated rings. The number of nitrogens with zero attached hydrogens (tertiary/aromatic N) is 5. The molecule has 3 aromatic heterocycles. The van der Waals surface area contributed by atoms with Crippen LogP contribution in [0.4, 0.5) is 10.2 Å². The van der Waals surface area contributed by atoms with Crippen molar-refractivity contribution in [2.45, 2.75) is 19.9 Å². The predicted octanol–water partition coefficient (Wildman–Crippen LogP) is 3.17. The molecule has 28 heavy (non-hydrogen) atoms. The van der Waals surface area contributed by atoms with E-state index in [2.05, 4.69) is 30.8 Å². The standard InChI is InChI=1S/C18H15ClFN7O/c1-9(14-6-11-5-12(19)7-15(20)17(11)23-18(14)28)22-16-8-13(3-4-21-16)27-10(2)24-25-26-27/h3-9H,1-2H3,(H,21,22)(H,23,28). The minimum atomic E-state index is -0.571. The first kappa shape index (κ1) is 18.1. The van der Waals surface area contributed by atoms with Crippen molar-refractivity contribution in [2.24, 2.45) is 0 Å². The zero-order chi connectivity index (χ0) is 19.8. The average Bonchev–Trinajstić information content (AvgIpc) is 3.08. The number of H-pyrrole nitrogens is 1. The van der Waals surface area contributed by atoms with Gasteiger partial charge in [0.15, 0.2) is 5.82 Å². The van der Waals surface area contributed by atoms with Gasteiger partial charge in [0.25, 0.3) is 5.56 Å². The third-order valence-corrected chi connectivity index (χ3v) is 4.56. The number of hydrogen-bond acceptors (Lipinski definition) is 6. The highest BCUT2D eigenvalue weighted by Crippen LogP contribution is 2.24. The topological polar surface area (TPSA) is 101 Å². The number of hydrogen-bond donors (Lipinski definition) is 2. The molecule has 2 N–H and O–H groups in total. The summed E-state index contributed by atoms with van der Waals surface area (Å²) in [5.74, 6) is 0.602. The van der Waals surface area contributed by atoms with Crippen molar-refractivity contribution in [2.75, 3.05) is 5.32 Å². The molecule has 0 spiro atoms. The molecule has 0 radical (unpaired) electrons. The number of tetrazole rings is 1. The maximum absolute atomic E-state index is 14.0. The lowest BCUT2D eigenvalue weighted by Crippen LogP contribution is -2.20. The van der Waals surface area contributed by atoms with Gasteiger partial charge in [-0.25, -0.2) is 9.37 Å². The quantitative estimate of drug-likeness (QED) is 0.546. The average molecular weight is 400 g/mol. The molecule has 0 bridgehead atoms. The lowest BCUT2D eigenvalue weighted by Gasteiger charge is -2.15. The van der Waals surface area contributed by atoms with E-state index in [-0.39, 0.29) is 16.1 Å². The van der Waals surface area contributed by atoms with Crippen molar-refractivity contribution in [3.63, 3.8) is 0 Å². The Labute approximate surface area is 163 Å². The van der Waals surface area contributed by atoms with Gasteiger partial charge in [-0.1, -0.05) is 11.6 Å². The SMILES string of the molecule is Cc1nnnn1-c1ccnc(NC(C)c2cc3cc(Cl)cc(F)c3[nH]c2=O)c1. The molecule has 1 unspecified atom stereocenters. The molecule has 1 aromatic carbocycles. The van der Waals surface area contributed by atoms with Gasteiger partial charge in [-0.2, -0.15) is 4.68 Å². The zero-order valence-electron chi connectivity index (χ0n) is 14.9. The molecule has 142 valence electrons. The van der Waals surface area contributed by atoms with Crippen molar-refractivity contribution in [1.82, 2.24) is 30.2 Å². The summed E-state index contributed by atoms with van der Waals surface area (Å²) in [6, 6.07) is 7.53. The normalized spacial score (nSPS) is 12.3. The second-order valence-corrected chi connectivity index (χ2v) is 6.75. The van der Waals surface area contributed by atoms with Crippen molar-refractivity contribution >= 4 is 28.3 Å². The second-order valence-electron chi connectivity index (χ2n) is 6.31. The summed E-state index contributed by atoms with van der Waals surface area (Å²) in [5.41, 5.74) is 0.897. The molecule has 1 atom stereocenters. The lowest BCUT2D eigenvalue weighted by molar-refractivity contribution is 0.636. The van der Waals surface area contributed by atoms with E-state index in [1.54, 1.807) is 42.1 Å². The third-order valence-electron chi connectivity index (χ3n) is 4.34. The number of nitrogens with one attached hydrogen (secondary N) is 2. The maximum atomic E-state index is 14.0. The van der Waals surface area contributed by atoms with Crippen LogP contribution in [-0.2, 0) is 0 Å². The van der Waals surface area contributed by atoms with Crippen LogP contribution in [-0.4, -0.2) is 30.2 Å². The molecule has 0 aliphatic carbocycles. The third kappa shape index (κ3) is 3.31. The summed E-state index contributed by atoms with van der Waals surface area (Å²) in [7, 11) is 0. The van der Waals surface area contributed by atoms with Crippen LogP contribution in [0.1, 0.15) is 24.4 Å². The summed E-state index contributed by atoms with van der Waals surface area (Å²) in [6.07, 6.45) is 1.62. The largest absolute Gasteiger partial charge is 0.363 e. The Bertz CT molecular complexity index is 1240. The molecule has 0 saturated heterocycles. The van der Waals surface area contributed by atoms with Gasteiger partial charge in [0.1, 0.15) is 11.6 Å². The Morgan fingerprint density at radius 3 is 2.86 bits per heavy atom. The van der Waals surface area contributed by atoms with E-state index in [9.17, 15) is 9.18 Å². The fourth-order valence-electron chi connectivity index (χ4n) is 2.98. The van der Waals surface area contributed by atoms with Gasteiger partial charge in [-0.3, -0.25) is 4.79 Å². The fraction of sp³-hybridized carbons (Fsp3) is 0.167. The Hall–Kier alpha value is -3.33. The van der Waals surface area contributed by atoms with Crippen molar-refractivity contribution in [3.05, 3.63) is 69.1 Å². The van der Waals surface area contributed by atoms with Gasteiger partial charge in [0, 0.05) is 28.2 Å². The van der Waals surface area contributed by atoms with Crippen molar-refractivity contribution in [1.29, 1.82) is 0 Å². The molecule has 8 nitrogen and oxygen atoms in total. The van der Waals surface area contributed by atoms with Crippen LogP contribution in [0.3, 0.4) is 0 Å². The predicted molar refractivity (Wildman–Crippen MR) is 103 cm³/mol. The summed E-state index contributed by atoms with van der Waals surface area (Å²) < 4.78 is 15.6. The first-order valence-corrected chi connectivity index (χ1v) is 8.80. The van der Waals surface area contributed by atoms with Crippen LogP contribution in [0.5, 0.6) is 0 Å². The number of pyridine rings is 2. The molecule has 0 amide bonds. The van der Waals surface area contributed by atoms with Crippen molar-refractivity contribution < 1.29 is 4.39 Å². The number of aromatic amines is 1. The molecule has 0 aliphatic rings. The van der Waals surface area contributed by atoms with E-state index in [0.717, 1.165) is 11.8 Å². The molecule has 4 rings (SSSR count). The Kier molecular flexibility index (Phi) is 4.52. The first-order valence-electron chi connectivity index (χ1n) is 8.42. The minimum Gasteiger partial charge on any atom is -0.363 e. The Balaban J connectivity index is 1.67. The number of fused-ring (bicyclic) bond motifs is 1. The van der Waals surface area contributed by atoms with E-state index in [4.69, 9.17) is 11.6 Å². The minimum absolute atomic E-state index is 0.125. The summed E-state index contributed by atoms with van der Waals surface area (Å²) >= 11 is 5.93. The molecule has 3 heterocycles. The van der Waals surface area contributed by atoms with Gasteiger partial charge in [0.05, 0.1) is 17.2 Å². The Morgan fingerprint density at radius 1 is 1.29 bits per heavy atom. The van der Waals surface area contributed by atoms with Crippen LogP contribution < -0.4 is 10.9 Å².